The number of benzene rings is 2. The molecule has 0 bridgehead atoms. The average molecular weight is 304 g/mol. The predicted molar refractivity (Wildman–Crippen MR) is 97.9 cm³/mol. The van der Waals surface area contributed by atoms with Crippen LogP contribution >= 0.6 is 0 Å². The molecule has 2 heteroatoms. The number of aryl methyl sites for hydroxylation is 6. The second-order valence-electron chi connectivity index (χ2n) is 6.71. The van der Waals surface area contributed by atoms with Crippen molar-refractivity contribution in [2.24, 2.45) is 0 Å². The van der Waals surface area contributed by atoms with E-state index in [1.807, 2.05) is 0 Å². The molecule has 0 aliphatic carbocycles. The minimum absolute atomic E-state index is 1.02. The van der Waals surface area contributed by atoms with Crippen LogP contribution in [0.1, 0.15) is 33.4 Å². The van der Waals surface area contributed by atoms with Gasteiger partial charge in [0, 0.05) is 11.1 Å². The second kappa shape index (κ2) is 5.69. The van der Waals surface area contributed by atoms with Crippen LogP contribution in [0.2, 0.25) is 0 Å². The summed E-state index contributed by atoms with van der Waals surface area (Å²) in [5.41, 5.74) is 12.3. The Hall–Kier alpha value is -2.35. The summed E-state index contributed by atoms with van der Waals surface area (Å²) in [7, 11) is 0. The number of nitrogens with one attached hydrogen (secondary N) is 1. The summed E-state index contributed by atoms with van der Waals surface area (Å²) in [6, 6.07) is 11.1. The molecule has 0 aliphatic heterocycles. The monoisotopic (exact) mass is 304 g/mol. The van der Waals surface area contributed by atoms with Crippen LogP contribution in [0.3, 0.4) is 0 Å². The maximum Gasteiger partial charge on any atom is 0.0932 e. The number of aromatic amines is 1. The predicted octanol–water partition coefficient (Wildman–Crippen LogP) is 5.59. The third-order valence-electron chi connectivity index (χ3n) is 4.46. The molecule has 0 aliphatic rings. The molecule has 1 N–H and O–H groups in total. The van der Waals surface area contributed by atoms with E-state index in [1.165, 1.54) is 44.5 Å². The Morgan fingerprint density at radius 1 is 0.609 bits per heavy atom. The van der Waals surface area contributed by atoms with E-state index in [9.17, 15) is 0 Å². The Balaban J connectivity index is 2.13. The largest absolute Gasteiger partial charge is 0.277 e. The molecule has 1 heterocycles. The molecule has 0 amide bonds. The summed E-state index contributed by atoms with van der Waals surface area (Å²) in [6.07, 6.45) is 0. The Morgan fingerprint density at radius 2 is 1.04 bits per heavy atom. The van der Waals surface area contributed by atoms with E-state index in [-0.39, 0.29) is 0 Å². The van der Waals surface area contributed by atoms with E-state index < -0.39 is 0 Å². The SMILES string of the molecule is Cc1cc(C)c(-c2cc(-c3c(C)cc(C)cc3C)[nH]n2)c(C)c1. The Bertz CT molecular complexity index is 767. The molecule has 0 spiro atoms. The number of hydrogen-bond donors (Lipinski definition) is 1. The van der Waals surface area contributed by atoms with Gasteiger partial charge >= 0.3 is 0 Å². The van der Waals surface area contributed by atoms with E-state index in [4.69, 9.17) is 0 Å². The van der Waals surface area contributed by atoms with Crippen molar-refractivity contribution in [1.82, 2.24) is 10.2 Å². The minimum Gasteiger partial charge on any atom is -0.277 e. The van der Waals surface area contributed by atoms with Crippen LogP contribution < -0.4 is 0 Å². The van der Waals surface area contributed by atoms with E-state index in [0.717, 1.165) is 11.4 Å². The van der Waals surface area contributed by atoms with Crippen LogP contribution in [0, 0.1) is 41.5 Å². The second-order valence-corrected chi connectivity index (χ2v) is 6.71. The van der Waals surface area contributed by atoms with Crippen molar-refractivity contribution in [3.8, 4) is 22.5 Å². The summed E-state index contributed by atoms with van der Waals surface area (Å²) >= 11 is 0. The van der Waals surface area contributed by atoms with E-state index in [0.29, 0.717) is 0 Å². The van der Waals surface area contributed by atoms with Gasteiger partial charge in [-0.3, -0.25) is 5.10 Å². The molecule has 0 saturated heterocycles. The van der Waals surface area contributed by atoms with Crippen molar-refractivity contribution < 1.29 is 0 Å². The molecule has 23 heavy (non-hydrogen) atoms. The van der Waals surface area contributed by atoms with Crippen LogP contribution in [0.15, 0.2) is 30.3 Å². The molecule has 0 saturated carbocycles. The molecule has 3 rings (SSSR count). The Morgan fingerprint density at radius 3 is 1.52 bits per heavy atom. The van der Waals surface area contributed by atoms with Crippen molar-refractivity contribution >= 4 is 0 Å². The standard InChI is InChI=1S/C21H24N2/c1-12-7-14(3)20(15(4)8-12)18-11-19(23-22-18)21-16(5)9-13(2)10-17(21)6/h7-11H,1-6H3,(H,22,23). The lowest BCUT2D eigenvalue weighted by Crippen LogP contribution is -1.90. The minimum atomic E-state index is 1.02. The number of aromatic nitrogens is 2. The third kappa shape index (κ3) is 2.81. The number of H-pyrrole nitrogens is 1. The molecule has 0 fully saturated rings. The van der Waals surface area contributed by atoms with Gasteiger partial charge in [-0.15, -0.1) is 0 Å². The number of hydrogen-bond acceptors (Lipinski definition) is 1. The van der Waals surface area contributed by atoms with Crippen molar-refractivity contribution in [2.45, 2.75) is 41.5 Å². The Kier molecular flexibility index (Phi) is 3.85. The van der Waals surface area contributed by atoms with Gasteiger partial charge in [-0.1, -0.05) is 35.4 Å². The van der Waals surface area contributed by atoms with Gasteiger partial charge in [-0.25, -0.2) is 0 Å². The van der Waals surface area contributed by atoms with Crippen LogP contribution in [0.5, 0.6) is 0 Å². The normalized spacial score (nSPS) is 11.0. The molecule has 1 aromatic heterocycles. The fraction of sp³-hybridized carbons (Fsp3) is 0.286. The first-order chi connectivity index (χ1) is 10.9. The molecule has 118 valence electrons. The summed E-state index contributed by atoms with van der Waals surface area (Å²) in [4.78, 5) is 0. The lowest BCUT2D eigenvalue weighted by molar-refractivity contribution is 1.09. The first-order valence-electron chi connectivity index (χ1n) is 8.08. The summed E-state index contributed by atoms with van der Waals surface area (Å²) in [6.45, 7) is 12.9. The fourth-order valence-electron chi connectivity index (χ4n) is 3.77. The van der Waals surface area contributed by atoms with Gasteiger partial charge in [0.25, 0.3) is 0 Å². The maximum atomic E-state index is 4.59. The number of rotatable bonds is 2. The lowest BCUT2D eigenvalue weighted by Gasteiger charge is -2.09. The Labute approximate surface area is 138 Å². The lowest BCUT2D eigenvalue weighted by atomic mass is 9.95. The van der Waals surface area contributed by atoms with Crippen LogP contribution in [-0.4, -0.2) is 10.2 Å². The highest BCUT2D eigenvalue weighted by molar-refractivity contribution is 5.75. The maximum absolute atomic E-state index is 4.59. The zero-order valence-corrected chi connectivity index (χ0v) is 14.8. The van der Waals surface area contributed by atoms with Gasteiger partial charge in [0.15, 0.2) is 0 Å². The summed E-state index contributed by atoms with van der Waals surface area (Å²) in [5.74, 6) is 0. The first kappa shape index (κ1) is 15.5. The average Bonchev–Trinajstić information content (AvgIpc) is 2.85. The van der Waals surface area contributed by atoms with Crippen LogP contribution in [-0.2, 0) is 0 Å². The summed E-state index contributed by atoms with van der Waals surface area (Å²) < 4.78 is 0. The topological polar surface area (TPSA) is 28.7 Å². The highest BCUT2D eigenvalue weighted by atomic mass is 15.1. The van der Waals surface area contributed by atoms with E-state index in [1.54, 1.807) is 0 Å². The third-order valence-corrected chi connectivity index (χ3v) is 4.46. The molecular weight excluding hydrogens is 280 g/mol. The molecule has 0 unspecified atom stereocenters. The van der Waals surface area contributed by atoms with Gasteiger partial charge in [0.1, 0.15) is 0 Å². The number of nitrogens with zero attached hydrogens (tertiary/aromatic N) is 1. The van der Waals surface area contributed by atoms with Gasteiger partial charge in [-0.2, -0.15) is 5.10 Å². The molecule has 0 atom stereocenters. The molecule has 2 aromatic carbocycles. The highest BCUT2D eigenvalue weighted by Crippen LogP contribution is 2.32. The van der Waals surface area contributed by atoms with Crippen molar-refractivity contribution in [1.29, 1.82) is 0 Å². The first-order valence-corrected chi connectivity index (χ1v) is 8.08. The summed E-state index contributed by atoms with van der Waals surface area (Å²) in [5, 5.41) is 7.83. The van der Waals surface area contributed by atoms with Gasteiger partial charge < -0.3 is 0 Å². The van der Waals surface area contributed by atoms with Crippen molar-refractivity contribution in [3.63, 3.8) is 0 Å². The zero-order valence-electron chi connectivity index (χ0n) is 14.8. The zero-order chi connectivity index (χ0) is 16.7. The van der Waals surface area contributed by atoms with Crippen LogP contribution in [0.25, 0.3) is 22.5 Å². The van der Waals surface area contributed by atoms with Crippen molar-refractivity contribution in [3.05, 3.63) is 63.7 Å². The smallest absolute Gasteiger partial charge is 0.0932 e. The van der Waals surface area contributed by atoms with Gasteiger partial charge in [0.05, 0.1) is 11.4 Å². The van der Waals surface area contributed by atoms with E-state index in [2.05, 4.69) is 82.1 Å². The van der Waals surface area contributed by atoms with Crippen LogP contribution in [0.4, 0.5) is 0 Å². The van der Waals surface area contributed by atoms with E-state index >= 15 is 0 Å². The van der Waals surface area contributed by atoms with Gasteiger partial charge in [0.2, 0.25) is 0 Å². The van der Waals surface area contributed by atoms with Gasteiger partial charge in [-0.05, 0) is 69.9 Å². The highest BCUT2D eigenvalue weighted by Gasteiger charge is 2.14. The quantitative estimate of drug-likeness (QED) is 0.656. The fourth-order valence-corrected chi connectivity index (χ4v) is 3.77. The van der Waals surface area contributed by atoms with Crippen molar-refractivity contribution in [2.75, 3.05) is 0 Å². The molecular formula is C21H24N2. The molecule has 2 nitrogen and oxygen atoms in total. The molecule has 0 radical (unpaired) electrons. The molecule has 3 aromatic rings.